The summed E-state index contributed by atoms with van der Waals surface area (Å²) in [4.78, 5) is 46.7. The highest BCUT2D eigenvalue weighted by molar-refractivity contribution is 6.09. The van der Waals surface area contributed by atoms with Gasteiger partial charge in [-0.3, -0.25) is 19.7 Å². The number of aromatic nitrogens is 1. The van der Waals surface area contributed by atoms with Gasteiger partial charge in [0.15, 0.2) is 6.29 Å². The first kappa shape index (κ1) is 23.8. The van der Waals surface area contributed by atoms with E-state index < -0.39 is 11.6 Å². The maximum atomic E-state index is 11.8. The molecule has 0 spiro atoms. The molecule has 1 fully saturated rings. The molecule has 0 aliphatic carbocycles. The lowest BCUT2D eigenvalue weighted by Gasteiger charge is -2.21. The van der Waals surface area contributed by atoms with Crippen molar-refractivity contribution in [1.82, 2.24) is 20.9 Å². The molecule has 8 nitrogen and oxygen atoms in total. The van der Waals surface area contributed by atoms with Gasteiger partial charge in [-0.05, 0) is 45.9 Å². The summed E-state index contributed by atoms with van der Waals surface area (Å²) in [5, 5.41) is 7.79. The molecule has 8 heteroatoms. The van der Waals surface area contributed by atoms with Crippen molar-refractivity contribution < 1.29 is 14.4 Å². The van der Waals surface area contributed by atoms with Crippen molar-refractivity contribution in [3.05, 3.63) is 69.2 Å². The van der Waals surface area contributed by atoms with Gasteiger partial charge >= 0.3 is 6.03 Å². The SMILES string of the molecule is C/C=C\C(=C/C=C(C)C)C1(C)NC(=O)NC1=O.CNCc1c[nH]c(=O)cc1C=O. The van der Waals surface area contributed by atoms with E-state index in [-0.39, 0.29) is 11.5 Å². The molecule has 1 aliphatic rings. The van der Waals surface area contributed by atoms with E-state index in [2.05, 4.69) is 20.9 Å². The number of nitrogens with one attached hydrogen (secondary N) is 4. The molecule has 1 aromatic heterocycles. The average Bonchev–Trinajstić information content (AvgIpc) is 2.93. The van der Waals surface area contributed by atoms with Crippen molar-refractivity contribution in [2.45, 2.75) is 39.8 Å². The number of allylic oxidation sites excluding steroid dienone is 4. The number of imide groups is 1. The van der Waals surface area contributed by atoms with Gasteiger partial charge in [-0.2, -0.15) is 0 Å². The minimum Gasteiger partial charge on any atom is -0.329 e. The fourth-order valence-corrected chi connectivity index (χ4v) is 2.54. The largest absolute Gasteiger partial charge is 0.329 e. The standard InChI is InChI=1S/C13H18N2O2.C8H10N2O2/c1-5-6-10(8-7-9(2)3)13(4)11(16)14-12(17)15-13;1-9-3-7-4-10-8(12)2-6(7)5-11/h5-8H,1-4H3,(H2,14,15,16,17);2,4-5,9H,3H2,1H3,(H,10,12)/b6-5-,10-8+;. The highest BCUT2D eigenvalue weighted by Crippen LogP contribution is 2.22. The molecule has 0 aromatic carbocycles. The first-order valence-corrected chi connectivity index (χ1v) is 9.11. The van der Waals surface area contributed by atoms with Crippen LogP contribution in [0.1, 0.15) is 43.6 Å². The molecular formula is C21H28N4O4. The molecule has 0 radical (unpaired) electrons. The Bertz CT molecular complexity index is 908. The minimum absolute atomic E-state index is 0.253. The summed E-state index contributed by atoms with van der Waals surface area (Å²) in [6.07, 6.45) is 9.65. The molecule has 3 amide bonds. The second-order valence-electron chi connectivity index (χ2n) is 6.83. The van der Waals surface area contributed by atoms with E-state index >= 15 is 0 Å². The van der Waals surface area contributed by atoms with Crippen molar-refractivity contribution in [1.29, 1.82) is 0 Å². The van der Waals surface area contributed by atoms with Gasteiger partial charge in [0.1, 0.15) is 5.54 Å². The minimum atomic E-state index is -0.991. The summed E-state index contributed by atoms with van der Waals surface area (Å²) in [5.41, 5.74) is 1.87. The van der Waals surface area contributed by atoms with Crippen molar-refractivity contribution in [3.8, 4) is 0 Å². The van der Waals surface area contributed by atoms with E-state index in [1.807, 2.05) is 45.1 Å². The van der Waals surface area contributed by atoms with Crippen LogP contribution < -0.4 is 21.5 Å². The van der Waals surface area contributed by atoms with Gasteiger partial charge in [0.05, 0.1) is 0 Å². The first-order chi connectivity index (χ1) is 13.7. The molecule has 2 heterocycles. The first-order valence-electron chi connectivity index (χ1n) is 9.11. The Morgan fingerprint density at radius 1 is 1.21 bits per heavy atom. The molecule has 0 bridgehead atoms. The summed E-state index contributed by atoms with van der Waals surface area (Å²) in [7, 11) is 1.78. The number of urea groups is 1. The van der Waals surface area contributed by atoms with E-state index in [1.165, 1.54) is 6.07 Å². The molecule has 1 aliphatic heterocycles. The number of hydrogen-bond donors (Lipinski definition) is 4. The molecule has 0 saturated carbocycles. The predicted molar refractivity (Wildman–Crippen MR) is 113 cm³/mol. The second-order valence-corrected chi connectivity index (χ2v) is 6.83. The Kier molecular flexibility index (Phi) is 8.95. The maximum Gasteiger partial charge on any atom is 0.322 e. The van der Waals surface area contributed by atoms with Crippen LogP contribution in [-0.4, -0.2) is 35.8 Å². The molecule has 29 heavy (non-hydrogen) atoms. The van der Waals surface area contributed by atoms with Crippen LogP contribution in [0.3, 0.4) is 0 Å². The average molecular weight is 400 g/mol. The number of H-pyrrole nitrogens is 1. The van der Waals surface area contributed by atoms with Gasteiger partial charge in [0.2, 0.25) is 5.56 Å². The molecular weight excluding hydrogens is 372 g/mol. The molecule has 156 valence electrons. The zero-order valence-electron chi connectivity index (χ0n) is 17.4. The Morgan fingerprint density at radius 2 is 1.90 bits per heavy atom. The van der Waals surface area contributed by atoms with Crippen molar-refractivity contribution in [3.63, 3.8) is 0 Å². The third-order valence-electron chi connectivity index (χ3n) is 4.10. The normalized spacial score (nSPS) is 18.6. The van der Waals surface area contributed by atoms with Crippen LogP contribution in [0.2, 0.25) is 0 Å². The maximum absolute atomic E-state index is 11.8. The number of pyridine rings is 1. The third-order valence-corrected chi connectivity index (χ3v) is 4.10. The van der Waals surface area contributed by atoms with Crippen LogP contribution in [-0.2, 0) is 11.3 Å². The van der Waals surface area contributed by atoms with Crippen LogP contribution in [0, 0.1) is 0 Å². The van der Waals surface area contributed by atoms with Gasteiger partial charge < -0.3 is 15.6 Å². The summed E-state index contributed by atoms with van der Waals surface area (Å²) < 4.78 is 0. The lowest BCUT2D eigenvalue weighted by atomic mass is 9.91. The van der Waals surface area contributed by atoms with Gasteiger partial charge in [0, 0.05) is 24.4 Å². The van der Waals surface area contributed by atoms with E-state index in [4.69, 9.17) is 0 Å². The van der Waals surface area contributed by atoms with Gasteiger partial charge in [0.25, 0.3) is 5.91 Å². The Morgan fingerprint density at radius 3 is 2.38 bits per heavy atom. The van der Waals surface area contributed by atoms with E-state index in [1.54, 1.807) is 20.2 Å². The van der Waals surface area contributed by atoms with Crippen LogP contribution in [0.15, 0.2) is 52.5 Å². The lowest BCUT2D eigenvalue weighted by molar-refractivity contribution is -0.122. The van der Waals surface area contributed by atoms with Crippen molar-refractivity contribution >= 4 is 18.2 Å². The van der Waals surface area contributed by atoms with E-state index in [9.17, 15) is 19.2 Å². The summed E-state index contributed by atoms with van der Waals surface area (Å²) >= 11 is 0. The van der Waals surface area contributed by atoms with Crippen molar-refractivity contribution in [2.24, 2.45) is 0 Å². The topological polar surface area (TPSA) is 120 Å². The fraction of sp³-hybridized carbons (Fsp3) is 0.333. The number of rotatable bonds is 6. The van der Waals surface area contributed by atoms with E-state index in [0.29, 0.717) is 18.4 Å². The molecule has 2 rings (SSSR count). The third kappa shape index (κ3) is 6.69. The summed E-state index contributed by atoms with van der Waals surface area (Å²) in [6.45, 7) is 8.08. The van der Waals surface area contributed by atoms with Crippen LogP contribution >= 0.6 is 0 Å². The number of amides is 3. The highest BCUT2D eigenvalue weighted by Gasteiger charge is 2.43. The molecule has 1 unspecified atom stereocenters. The Balaban J connectivity index is 0.000000308. The monoisotopic (exact) mass is 400 g/mol. The number of carbonyl (C=O) groups is 3. The number of carbonyl (C=O) groups excluding carboxylic acids is 3. The Labute approximate surface area is 170 Å². The predicted octanol–water partition coefficient (Wildman–Crippen LogP) is 1.96. The molecule has 1 aromatic rings. The summed E-state index contributed by atoms with van der Waals surface area (Å²) in [5.74, 6) is -0.325. The number of hydrogen-bond acceptors (Lipinski definition) is 5. The molecule has 1 saturated heterocycles. The second kappa shape index (κ2) is 10.9. The Hall–Kier alpha value is -3.26. The molecule has 1 atom stereocenters. The van der Waals surface area contributed by atoms with Crippen LogP contribution in [0.5, 0.6) is 0 Å². The zero-order chi connectivity index (χ0) is 22.0. The number of aldehydes is 1. The van der Waals surface area contributed by atoms with Crippen LogP contribution in [0.25, 0.3) is 0 Å². The fourth-order valence-electron chi connectivity index (χ4n) is 2.54. The van der Waals surface area contributed by atoms with Gasteiger partial charge in [-0.1, -0.05) is 29.9 Å². The smallest absolute Gasteiger partial charge is 0.322 e. The van der Waals surface area contributed by atoms with Gasteiger partial charge in [-0.15, -0.1) is 0 Å². The molecule has 4 N–H and O–H groups in total. The van der Waals surface area contributed by atoms with Gasteiger partial charge in [-0.25, -0.2) is 4.79 Å². The summed E-state index contributed by atoms with van der Waals surface area (Å²) in [6, 6.07) is 0.838. The lowest BCUT2D eigenvalue weighted by Crippen LogP contribution is -2.45. The van der Waals surface area contributed by atoms with Crippen LogP contribution in [0.4, 0.5) is 4.79 Å². The number of aromatic amines is 1. The van der Waals surface area contributed by atoms with Crippen molar-refractivity contribution in [2.75, 3.05) is 7.05 Å². The highest BCUT2D eigenvalue weighted by atomic mass is 16.2. The zero-order valence-corrected chi connectivity index (χ0v) is 17.4. The quantitative estimate of drug-likeness (QED) is 0.331. The van der Waals surface area contributed by atoms with E-state index in [0.717, 1.165) is 16.7 Å².